The van der Waals surface area contributed by atoms with Crippen molar-refractivity contribution in [2.45, 2.75) is 64.8 Å². The molecule has 0 spiro atoms. The van der Waals surface area contributed by atoms with Crippen molar-refractivity contribution >= 4 is 410 Å². The Bertz CT molecular complexity index is 5120. The highest BCUT2D eigenvalue weighted by Crippen LogP contribution is 2.16. The molecule has 1 unspecified atom stereocenters. The zero-order valence-corrected chi connectivity index (χ0v) is 109. The van der Waals surface area contributed by atoms with Gasteiger partial charge in [0.15, 0.2) is 16.6 Å². The van der Waals surface area contributed by atoms with E-state index in [2.05, 4.69) is 0 Å². The largest absolute Gasteiger partial charge is 0.558 e. The number of nitriles is 1. The Morgan fingerprint density at radius 3 is 0.565 bits per heavy atom. The molecule has 0 heterocycles. The quantitative estimate of drug-likeness (QED) is 0.0510. The molecule has 0 aromatic carbocycles. The highest BCUT2D eigenvalue weighted by molar-refractivity contribution is 7.86. The number of rotatable bonds is 58. The van der Waals surface area contributed by atoms with Gasteiger partial charge in [-0.3, -0.25) is 0 Å². The average Bonchev–Trinajstić information content (AvgIpc) is 0.821. The molecule has 104 heteroatoms. The molecule has 591 valence electrons. The monoisotopic (exact) mass is 2440 g/mol. The van der Waals surface area contributed by atoms with Gasteiger partial charge in [-0.2, -0.15) is 5.26 Å². The molecular weight excluding hydrogens is 2420 g/mol. The fourth-order valence-corrected chi connectivity index (χ4v) is 538. The minimum Gasteiger partial charge on any atom is -0.558 e. The van der Waals surface area contributed by atoms with E-state index in [0.717, 1.165) is 6.55 Å². The summed E-state index contributed by atoms with van der Waals surface area (Å²) in [5, 5.41) is 9.19. The van der Waals surface area contributed by atoms with Crippen LogP contribution in [0.25, 0.3) is 0 Å². The van der Waals surface area contributed by atoms with Gasteiger partial charge in [-0.1, -0.05) is 0 Å². The van der Waals surface area contributed by atoms with E-state index in [1.54, 1.807) is 39.3 Å². The molecular formula is C11H28NO51Si52. The van der Waals surface area contributed by atoms with Crippen LogP contribution in [0.15, 0.2) is 0 Å². The smallest absolute Gasteiger partial charge is 0.533 e. The molecule has 115 heavy (non-hydrogen) atoms. The van der Waals surface area contributed by atoms with Crippen molar-refractivity contribution in [3.8, 4) is 6.07 Å². The van der Waals surface area contributed by atoms with E-state index < -0.39 is 422 Å². The van der Waals surface area contributed by atoms with Gasteiger partial charge in [0, 0.05) is 12.5 Å². The summed E-state index contributed by atoms with van der Waals surface area (Å²) < 4.78 is 619. The molecule has 0 saturated carbocycles. The fourth-order valence-electron chi connectivity index (χ4n) is 6.03. The van der Waals surface area contributed by atoms with Crippen molar-refractivity contribution in [3.05, 3.63) is 0 Å². The Kier molecular flexibility index (Phi) is 52.2. The standard InChI is InChI=1S/C11H28NO51Si52/c1-66(62-114(5,6)7)61-67(13)71(17)75(21)79(25)83(29)87(33)91(37)95(41)99(45)103(49)105(51)107(53)109(55)111(57)112(58)110(56)108(54)106(52)104(50)102(48)98(44)94(40)90(36)86(32)82(28)78(24)74(20)70(16)65-60-115(8,11-9-10-12)63-68(14)72(18)76(22)80(26)84(30)88(34)92(38)96(42)100(46)101(47)97(43)93(39)89(35)85(31)81(27)77(23)73(19)69(15)64-59-113(2,3)4/h9,11H2,1-8H3. The number of hydrogen-bond acceptors (Lipinski definition) is 52. The predicted molar refractivity (Wildman–Crippen MR) is 398 cm³/mol. The minimum absolute atomic E-state index is 0.705. The van der Waals surface area contributed by atoms with E-state index in [9.17, 15) is 211 Å². The first-order valence-corrected chi connectivity index (χ1v) is 152. The van der Waals surface area contributed by atoms with Gasteiger partial charge >= 0.3 is 374 Å². The molecule has 0 fully saturated rings. The Labute approximate surface area is 703 Å². The van der Waals surface area contributed by atoms with E-state index in [1.807, 2.05) is 0 Å². The topological polar surface area (TPSA) is 855 Å². The van der Waals surface area contributed by atoms with E-state index in [4.69, 9.17) is 20.6 Å². The summed E-state index contributed by atoms with van der Waals surface area (Å²) in [7, 11) is -225. The average molecular weight is 2450 g/mol. The third kappa shape index (κ3) is 34.0. The lowest BCUT2D eigenvalue weighted by Gasteiger charge is -2.25. The van der Waals surface area contributed by atoms with E-state index in [-0.39, 0.29) is 0 Å². The van der Waals surface area contributed by atoms with Gasteiger partial charge in [-0.15, -0.1) is 0 Å². The van der Waals surface area contributed by atoms with Crippen LogP contribution in [0.4, 0.5) is 0 Å². The molecule has 0 aromatic rings. The van der Waals surface area contributed by atoms with Crippen LogP contribution in [0.2, 0.25) is 58.4 Å². The van der Waals surface area contributed by atoms with E-state index in [0.29, 0.717) is 0 Å². The molecule has 0 aliphatic heterocycles. The van der Waals surface area contributed by atoms with Gasteiger partial charge in [0.2, 0.25) is 0 Å². The van der Waals surface area contributed by atoms with Crippen molar-refractivity contribution in [1.82, 2.24) is 0 Å². The summed E-state index contributed by atoms with van der Waals surface area (Å²) in [6.07, 6.45) is -0.705. The van der Waals surface area contributed by atoms with Crippen LogP contribution < -0.4 is 0 Å². The van der Waals surface area contributed by atoms with Gasteiger partial charge in [-0.25, -0.2) is 0 Å². The second kappa shape index (κ2) is 51.8. The summed E-state index contributed by atoms with van der Waals surface area (Å²) in [5.41, 5.74) is 0. The molecule has 0 bridgehead atoms. The minimum atomic E-state index is -4.87. The van der Waals surface area contributed by atoms with Crippen molar-refractivity contribution in [3.63, 3.8) is 0 Å². The molecule has 0 aromatic heterocycles. The van der Waals surface area contributed by atoms with E-state index in [1.165, 1.54) is 12.6 Å². The molecule has 0 amide bonds. The van der Waals surface area contributed by atoms with Crippen LogP contribution >= 0.6 is 0 Å². The van der Waals surface area contributed by atoms with Crippen LogP contribution in [-0.4, -0.2) is 410 Å². The van der Waals surface area contributed by atoms with Gasteiger partial charge in [0.05, 0.1) is 6.07 Å². The van der Waals surface area contributed by atoms with Gasteiger partial charge in [0.25, 0.3) is 18.6 Å². The summed E-state index contributed by atoms with van der Waals surface area (Å²) in [5.74, 6) is 0. The highest BCUT2D eigenvalue weighted by atomic mass is 30.1. The van der Waals surface area contributed by atoms with Gasteiger partial charge in [-0.05, 0) is 52.4 Å². The molecule has 0 rings (SSSR count). The van der Waals surface area contributed by atoms with Crippen LogP contribution in [-0.2, 0) is 226 Å². The van der Waals surface area contributed by atoms with Crippen LogP contribution in [0.3, 0.4) is 0 Å². The first-order chi connectivity index (χ1) is 52.2. The lowest BCUT2D eigenvalue weighted by Crippen LogP contribution is -2.57. The predicted octanol–water partition coefficient (Wildman–Crippen LogP) is -20.1. The molecule has 5 radical (unpaired) electrons. The van der Waals surface area contributed by atoms with E-state index >= 15 is 0 Å². The lowest BCUT2D eigenvalue weighted by atomic mass is 10.6. The third-order valence-corrected chi connectivity index (χ3v) is 375. The Hall–Kier alpha value is 1.05. The number of hydrogen-bond donors (Lipinski definition) is 0. The Morgan fingerprint density at radius 1 is 0.226 bits per heavy atom. The molecule has 0 N–H and O–H groups in total. The summed E-state index contributed by atoms with van der Waals surface area (Å²) in [4.78, 5) is 0. The molecule has 0 aliphatic carbocycles. The summed E-state index contributed by atoms with van der Waals surface area (Å²) in [6, 6.07) is 0.759. The zero-order chi connectivity index (χ0) is 90.7. The molecule has 1 atom stereocenters. The summed E-state index contributed by atoms with van der Waals surface area (Å²) >= 11 is 0. The molecule has 52 nitrogen and oxygen atoms in total. The normalized spacial score (nSPS) is 11.0. The maximum atomic E-state index is 13.2. The lowest BCUT2D eigenvalue weighted by molar-refractivity contribution is 0.381. The Balaban J connectivity index is 6.05. The van der Waals surface area contributed by atoms with Crippen LogP contribution in [0.5, 0.6) is 0 Å². The fraction of sp³-hybridized carbons (Fsp3) is 0.909. The van der Waals surface area contributed by atoms with Gasteiger partial charge < -0.3 is 226 Å². The van der Waals surface area contributed by atoms with Gasteiger partial charge in [0.1, 0.15) is 0 Å². The van der Waals surface area contributed by atoms with Crippen molar-refractivity contribution in [1.29, 1.82) is 5.26 Å². The Morgan fingerprint density at radius 2 is 0.391 bits per heavy atom. The van der Waals surface area contributed by atoms with Crippen LogP contribution in [0.1, 0.15) is 6.42 Å². The van der Waals surface area contributed by atoms with Crippen molar-refractivity contribution < 1.29 is 226 Å². The number of nitrogens with zero attached hydrogens (tertiary/aromatic N) is 1. The highest BCUT2D eigenvalue weighted by Gasteiger charge is 2.61. The third-order valence-electron chi connectivity index (χ3n) is 11.5. The second-order valence-corrected chi connectivity index (χ2v) is 259. The summed E-state index contributed by atoms with van der Waals surface area (Å²) in [6.45, 7) is 12.0. The molecule has 0 aliphatic rings. The van der Waals surface area contributed by atoms with Crippen molar-refractivity contribution in [2.24, 2.45) is 0 Å². The van der Waals surface area contributed by atoms with Crippen molar-refractivity contribution in [2.75, 3.05) is 0 Å². The second-order valence-electron chi connectivity index (χ2n) is 22.3. The van der Waals surface area contributed by atoms with Crippen LogP contribution in [0, 0.1) is 11.3 Å². The molecule has 0 saturated heterocycles. The first-order valence-electron chi connectivity index (χ1n) is 28.4. The zero-order valence-electron chi connectivity index (χ0n) is 57.2. The maximum Gasteiger partial charge on any atom is 0.533 e. The first kappa shape index (κ1) is 116. The maximum absolute atomic E-state index is 13.2. The SMILES string of the molecule is C[Si](O[Si](=O)[Si](=O)[Si](=O)[Si](=O)[Si](=O)[Si](=O)[Si](=O)[Si](=O)[Si](=O)[Si](=O)[Si](=O)[Si](=O)[Si](=O)[Si](=O)[Si](=O)[Si](=O)[Si](=O)[Si](=O)[Si](=O)[Si](=O)[Si](=O)[Si](=O)[Si](=O)[Si](=O)[Si](=O)[Si](=O)[Si](=O)[Si](=O)[Si]O[Si](C)(CCC#N)O[Si](=O)[Si](=O)[Si](=O)[Si](=O)[Si](=O)[Si](=O)[Si](=O)[Si](=O)[Si](=O)[Si](=O)[Si](=O)[Si](=O)[Si](=O)[Si](=O)[Si](=O)[Si](=O)[Si](=O)[Si](=O)[Si]O[Si](C)(C)C)O[Si](C)(C)C.